The summed E-state index contributed by atoms with van der Waals surface area (Å²) < 4.78 is 0. The van der Waals surface area contributed by atoms with E-state index in [0.29, 0.717) is 24.6 Å². The largest absolute Gasteiger partial charge is 0.337 e. The van der Waals surface area contributed by atoms with Crippen LogP contribution in [0.4, 0.5) is 0 Å². The number of amides is 1. The van der Waals surface area contributed by atoms with Crippen LogP contribution in [0.1, 0.15) is 48.3 Å². The van der Waals surface area contributed by atoms with Crippen LogP contribution in [0.15, 0.2) is 24.5 Å². The zero-order chi connectivity index (χ0) is 17.8. The summed E-state index contributed by atoms with van der Waals surface area (Å²) in [6, 6.07) is 3.76. The van der Waals surface area contributed by atoms with Crippen molar-refractivity contribution in [1.29, 1.82) is 0 Å². The molecule has 0 radical (unpaired) electrons. The van der Waals surface area contributed by atoms with Gasteiger partial charge >= 0.3 is 0 Å². The van der Waals surface area contributed by atoms with Crippen molar-refractivity contribution in [2.75, 3.05) is 26.2 Å². The summed E-state index contributed by atoms with van der Waals surface area (Å²) in [5, 5.41) is 7.32. The first-order valence-corrected chi connectivity index (χ1v) is 8.87. The van der Waals surface area contributed by atoms with Crippen molar-refractivity contribution in [3.63, 3.8) is 0 Å². The molecule has 1 saturated heterocycles. The molecule has 3 heterocycles. The van der Waals surface area contributed by atoms with Crippen LogP contribution in [0, 0.1) is 12.8 Å². The van der Waals surface area contributed by atoms with Gasteiger partial charge in [0, 0.05) is 38.6 Å². The molecule has 1 atom stereocenters. The Morgan fingerprint density at radius 1 is 1.36 bits per heavy atom. The van der Waals surface area contributed by atoms with Crippen molar-refractivity contribution < 1.29 is 4.79 Å². The second-order valence-electron chi connectivity index (χ2n) is 7.01. The molecule has 1 fully saturated rings. The maximum atomic E-state index is 12.8. The second kappa shape index (κ2) is 7.74. The molecule has 25 heavy (non-hydrogen) atoms. The highest BCUT2D eigenvalue weighted by Crippen LogP contribution is 2.26. The Morgan fingerprint density at radius 2 is 2.20 bits per heavy atom. The van der Waals surface area contributed by atoms with Crippen molar-refractivity contribution in [2.24, 2.45) is 5.92 Å². The van der Waals surface area contributed by atoms with E-state index in [9.17, 15) is 4.79 Å². The first-order chi connectivity index (χ1) is 12.0. The molecule has 1 N–H and O–H groups in total. The SMILES string of the molecule is Cc1nc(C2CCN(C(=O)c3cccnc3)CCN2CC(C)C)n[nH]1. The number of nitrogens with one attached hydrogen (secondary N) is 1. The molecule has 0 bridgehead atoms. The minimum atomic E-state index is 0.0458. The van der Waals surface area contributed by atoms with Crippen LogP contribution in [0.25, 0.3) is 0 Å². The van der Waals surface area contributed by atoms with Gasteiger partial charge in [-0.25, -0.2) is 4.98 Å². The lowest BCUT2D eigenvalue weighted by atomic mass is 10.1. The molecule has 1 amide bonds. The molecular weight excluding hydrogens is 316 g/mol. The third-order valence-electron chi connectivity index (χ3n) is 4.48. The van der Waals surface area contributed by atoms with Crippen LogP contribution in [0.3, 0.4) is 0 Å². The quantitative estimate of drug-likeness (QED) is 0.920. The molecule has 7 nitrogen and oxygen atoms in total. The minimum absolute atomic E-state index is 0.0458. The van der Waals surface area contributed by atoms with Gasteiger partial charge in [-0.1, -0.05) is 13.8 Å². The highest BCUT2D eigenvalue weighted by molar-refractivity contribution is 5.93. The highest BCUT2D eigenvalue weighted by atomic mass is 16.2. The minimum Gasteiger partial charge on any atom is -0.337 e. The van der Waals surface area contributed by atoms with E-state index in [1.165, 1.54) is 0 Å². The van der Waals surface area contributed by atoms with Gasteiger partial charge in [-0.15, -0.1) is 0 Å². The maximum Gasteiger partial charge on any atom is 0.255 e. The predicted octanol–water partition coefficient (Wildman–Crippen LogP) is 2.05. The molecule has 2 aromatic rings. The fraction of sp³-hybridized carbons (Fsp3) is 0.556. The Balaban J connectivity index is 1.78. The molecule has 7 heteroatoms. The fourth-order valence-electron chi connectivity index (χ4n) is 3.34. The van der Waals surface area contributed by atoms with Gasteiger partial charge in [0.1, 0.15) is 5.82 Å². The number of hydrogen-bond donors (Lipinski definition) is 1. The van der Waals surface area contributed by atoms with E-state index in [-0.39, 0.29) is 11.9 Å². The third kappa shape index (κ3) is 4.22. The summed E-state index contributed by atoms with van der Waals surface area (Å²) >= 11 is 0. The van der Waals surface area contributed by atoms with E-state index in [0.717, 1.165) is 31.2 Å². The lowest BCUT2D eigenvalue weighted by Crippen LogP contribution is -2.37. The highest BCUT2D eigenvalue weighted by Gasteiger charge is 2.30. The van der Waals surface area contributed by atoms with Crippen molar-refractivity contribution in [3.05, 3.63) is 41.7 Å². The molecule has 3 rings (SSSR count). The van der Waals surface area contributed by atoms with Crippen molar-refractivity contribution in [3.8, 4) is 0 Å². The van der Waals surface area contributed by atoms with Crippen LogP contribution < -0.4 is 0 Å². The van der Waals surface area contributed by atoms with E-state index in [1.807, 2.05) is 17.9 Å². The van der Waals surface area contributed by atoms with Gasteiger partial charge in [-0.2, -0.15) is 5.10 Å². The number of pyridine rings is 1. The first-order valence-electron chi connectivity index (χ1n) is 8.87. The van der Waals surface area contributed by atoms with Gasteiger partial charge < -0.3 is 4.90 Å². The topological polar surface area (TPSA) is 78.0 Å². The van der Waals surface area contributed by atoms with Gasteiger partial charge in [-0.3, -0.25) is 19.8 Å². The Hall–Kier alpha value is -2.28. The maximum absolute atomic E-state index is 12.8. The summed E-state index contributed by atoms with van der Waals surface area (Å²) in [7, 11) is 0. The van der Waals surface area contributed by atoms with Crippen LogP contribution in [-0.2, 0) is 0 Å². The van der Waals surface area contributed by atoms with E-state index in [1.54, 1.807) is 18.5 Å². The van der Waals surface area contributed by atoms with Crippen molar-refractivity contribution in [2.45, 2.75) is 33.2 Å². The molecule has 134 valence electrons. The number of nitrogens with zero attached hydrogens (tertiary/aromatic N) is 5. The summed E-state index contributed by atoms with van der Waals surface area (Å²) in [5.74, 6) is 2.24. The molecular formula is C18H26N6O. The van der Waals surface area contributed by atoms with E-state index < -0.39 is 0 Å². The lowest BCUT2D eigenvalue weighted by molar-refractivity contribution is 0.0760. The predicted molar refractivity (Wildman–Crippen MR) is 95.0 cm³/mol. The normalized spacial score (nSPS) is 19.2. The summed E-state index contributed by atoms with van der Waals surface area (Å²) in [4.78, 5) is 25.7. The van der Waals surface area contributed by atoms with Gasteiger partial charge in [0.05, 0.1) is 11.6 Å². The molecule has 0 aliphatic carbocycles. The number of aromatic amines is 1. The van der Waals surface area contributed by atoms with E-state index in [4.69, 9.17) is 0 Å². The summed E-state index contributed by atoms with van der Waals surface area (Å²) in [6.45, 7) is 9.53. The average Bonchev–Trinajstić information content (AvgIpc) is 2.92. The van der Waals surface area contributed by atoms with Gasteiger partial charge in [-0.05, 0) is 31.4 Å². The third-order valence-corrected chi connectivity index (χ3v) is 4.48. The number of aryl methyl sites for hydroxylation is 1. The molecule has 1 aliphatic heterocycles. The van der Waals surface area contributed by atoms with Crippen molar-refractivity contribution in [1.82, 2.24) is 30.0 Å². The average molecular weight is 342 g/mol. The zero-order valence-electron chi connectivity index (χ0n) is 15.1. The summed E-state index contributed by atoms with van der Waals surface area (Å²) in [5.41, 5.74) is 0.644. The zero-order valence-corrected chi connectivity index (χ0v) is 15.1. The van der Waals surface area contributed by atoms with Crippen molar-refractivity contribution >= 4 is 5.91 Å². The number of rotatable bonds is 4. The smallest absolute Gasteiger partial charge is 0.255 e. The number of aromatic nitrogens is 4. The molecule has 0 spiro atoms. The molecule has 0 saturated carbocycles. The Labute approximate surface area is 148 Å². The van der Waals surface area contributed by atoms with Crippen LogP contribution in [-0.4, -0.2) is 62.1 Å². The van der Waals surface area contributed by atoms with Gasteiger partial charge in [0.25, 0.3) is 5.91 Å². The van der Waals surface area contributed by atoms with E-state index in [2.05, 4.69) is 38.9 Å². The fourth-order valence-corrected chi connectivity index (χ4v) is 3.34. The molecule has 1 aliphatic rings. The second-order valence-corrected chi connectivity index (χ2v) is 7.01. The number of H-pyrrole nitrogens is 1. The number of hydrogen-bond acceptors (Lipinski definition) is 5. The lowest BCUT2D eigenvalue weighted by Gasteiger charge is -2.28. The molecule has 1 unspecified atom stereocenters. The van der Waals surface area contributed by atoms with Crippen LogP contribution in [0.5, 0.6) is 0 Å². The van der Waals surface area contributed by atoms with Gasteiger partial charge in [0.2, 0.25) is 0 Å². The summed E-state index contributed by atoms with van der Waals surface area (Å²) in [6.07, 6.45) is 4.15. The van der Waals surface area contributed by atoms with E-state index >= 15 is 0 Å². The Kier molecular flexibility index (Phi) is 5.43. The number of carbonyl (C=O) groups is 1. The van der Waals surface area contributed by atoms with Crippen LogP contribution >= 0.6 is 0 Å². The van der Waals surface area contributed by atoms with Crippen LogP contribution in [0.2, 0.25) is 0 Å². The Bertz CT molecular complexity index is 699. The molecule has 2 aromatic heterocycles. The number of carbonyl (C=O) groups excluding carboxylic acids is 1. The molecule has 0 aromatic carbocycles. The standard InChI is InChI=1S/C18H26N6O/c1-13(2)12-24-10-9-23(18(25)15-5-4-7-19-11-15)8-6-16(24)17-20-14(3)21-22-17/h4-5,7,11,13,16H,6,8-10,12H2,1-3H3,(H,20,21,22). The monoisotopic (exact) mass is 342 g/mol. The Morgan fingerprint density at radius 3 is 2.84 bits per heavy atom. The van der Waals surface area contributed by atoms with Gasteiger partial charge in [0.15, 0.2) is 5.82 Å². The first kappa shape index (κ1) is 17.5.